The summed E-state index contributed by atoms with van der Waals surface area (Å²) in [5.74, 6) is 0. The number of halogens is 3. The van der Waals surface area contributed by atoms with E-state index in [1.165, 1.54) is 61.2 Å². The molecule has 0 amide bonds. The summed E-state index contributed by atoms with van der Waals surface area (Å²) in [7, 11) is -1.14. The smallest absolute Gasteiger partial charge is 1.00 e. The Morgan fingerprint density at radius 1 is 0.561 bits per heavy atom. The molecule has 5 heteroatoms. The van der Waals surface area contributed by atoms with Crippen LogP contribution in [0.2, 0.25) is 13.1 Å². The fraction of sp³-hybridized carbons (Fsp3) is 0.389. The Hall–Kier alpha value is -1.06. The molecule has 0 saturated carbocycles. The van der Waals surface area contributed by atoms with Crippen molar-refractivity contribution in [1.29, 1.82) is 0 Å². The van der Waals surface area contributed by atoms with E-state index in [2.05, 4.69) is 136 Å². The van der Waals surface area contributed by atoms with E-state index in [9.17, 15) is 0 Å². The Kier molecular flexibility index (Phi) is 14.7. The summed E-state index contributed by atoms with van der Waals surface area (Å²) in [6, 6.07) is 21.5. The van der Waals surface area contributed by atoms with Gasteiger partial charge in [-0.05, 0) is 72.4 Å². The van der Waals surface area contributed by atoms with Gasteiger partial charge in [0.25, 0.3) is 0 Å². The molecule has 0 bridgehead atoms. The quantitative estimate of drug-likeness (QED) is 0.211. The number of aryl methyl sites for hydroxylation is 6. The van der Waals surface area contributed by atoms with Crippen LogP contribution in [0.25, 0.3) is 0 Å². The Bertz CT molecular complexity index is 1240. The van der Waals surface area contributed by atoms with Crippen LogP contribution in [-0.4, -0.2) is 8.80 Å². The zero-order valence-corrected chi connectivity index (χ0v) is 31.6. The van der Waals surface area contributed by atoms with Gasteiger partial charge in [-0.25, -0.2) is 16.8 Å². The molecule has 0 nitrogen and oxygen atoms in total. The standard InChI is InChI=1S/C36H45Si.3ClH.Ti/c1-23-12-24(2)16-30(15-23)36(31-17-25(3)13-26(4)18-31,32-19-27(5)14-28(6)20-32)33-21-29(35(7,8)9)22-34(33)37(10)11;;;;/h12-20,37H,22H2,1-11H3;3*1H;/q-1;;;;+4/p-3. The predicted molar refractivity (Wildman–Crippen MR) is 164 cm³/mol. The Labute approximate surface area is 285 Å². The molecule has 0 radical (unpaired) electrons. The Morgan fingerprint density at radius 3 is 1.10 bits per heavy atom. The zero-order chi connectivity index (χ0) is 27.3. The van der Waals surface area contributed by atoms with E-state index < -0.39 is 14.2 Å². The van der Waals surface area contributed by atoms with Crippen molar-refractivity contribution in [2.45, 2.75) is 87.2 Å². The van der Waals surface area contributed by atoms with E-state index in [1.54, 1.807) is 5.20 Å². The van der Waals surface area contributed by atoms with E-state index >= 15 is 0 Å². The molecule has 0 spiro atoms. The second-order valence-corrected chi connectivity index (χ2v) is 16.0. The van der Waals surface area contributed by atoms with Crippen LogP contribution in [-0.2, 0) is 27.1 Å². The van der Waals surface area contributed by atoms with E-state index in [1.807, 2.05) is 0 Å². The summed E-state index contributed by atoms with van der Waals surface area (Å²) >= 11 is 0. The van der Waals surface area contributed by atoms with Crippen molar-refractivity contribution in [2.75, 3.05) is 0 Å². The Morgan fingerprint density at radius 2 is 0.854 bits per heavy atom. The van der Waals surface area contributed by atoms with Crippen molar-refractivity contribution in [3.05, 3.63) is 127 Å². The van der Waals surface area contributed by atoms with Gasteiger partial charge >= 0.3 is 21.7 Å². The van der Waals surface area contributed by atoms with Crippen LogP contribution in [0.5, 0.6) is 0 Å². The largest absolute Gasteiger partial charge is 4.00 e. The normalized spacial score (nSPS) is 13.1. The van der Waals surface area contributed by atoms with Crippen molar-refractivity contribution < 1.29 is 58.9 Å². The van der Waals surface area contributed by atoms with Crippen LogP contribution in [0.3, 0.4) is 0 Å². The molecular formula is C36H45Cl3SiTi. The molecule has 0 heterocycles. The summed E-state index contributed by atoms with van der Waals surface area (Å²) < 4.78 is 0. The molecule has 3 aromatic carbocycles. The topological polar surface area (TPSA) is 0 Å². The maximum absolute atomic E-state index is 4.15. The minimum Gasteiger partial charge on any atom is -1.00 e. The minimum absolute atomic E-state index is 0. The van der Waals surface area contributed by atoms with Gasteiger partial charge in [0, 0.05) is 5.41 Å². The van der Waals surface area contributed by atoms with Crippen LogP contribution in [0.15, 0.2) is 70.9 Å². The van der Waals surface area contributed by atoms with E-state index in [-0.39, 0.29) is 64.4 Å². The van der Waals surface area contributed by atoms with Crippen molar-refractivity contribution in [3.8, 4) is 0 Å². The SMILES string of the molecule is Cc1cc(C)cc(C(C2=C([SiH](C)C)CC(C(C)(C)C)=[C-]2)(c2cc(C)cc(C)c2)c2cc(C)cc(C)c2)c1.[Cl-].[Cl-].[Cl-].[Ti+4]. The third-order valence-electron chi connectivity index (χ3n) is 7.91. The van der Waals surface area contributed by atoms with Crippen molar-refractivity contribution in [3.63, 3.8) is 0 Å². The first-order valence-corrected chi connectivity index (χ1v) is 16.7. The van der Waals surface area contributed by atoms with E-state index in [4.69, 9.17) is 0 Å². The predicted octanol–water partition coefficient (Wildman–Crippen LogP) is 0.383. The molecule has 41 heavy (non-hydrogen) atoms. The van der Waals surface area contributed by atoms with Crippen LogP contribution in [0.1, 0.15) is 77.3 Å². The molecule has 0 saturated heterocycles. The second kappa shape index (κ2) is 15.1. The van der Waals surface area contributed by atoms with Gasteiger partial charge in [-0.15, -0.1) is 0 Å². The first kappa shape index (κ1) is 39.9. The number of allylic oxidation sites excluding steroid dienone is 4. The van der Waals surface area contributed by atoms with Gasteiger partial charge in [0.05, 0.1) is 0 Å². The first-order chi connectivity index (χ1) is 17.2. The fourth-order valence-electron chi connectivity index (χ4n) is 6.34. The van der Waals surface area contributed by atoms with Crippen molar-refractivity contribution in [2.24, 2.45) is 5.41 Å². The zero-order valence-electron chi connectivity index (χ0n) is 26.6. The average molecular weight is 660 g/mol. The maximum Gasteiger partial charge on any atom is 4.00 e. The summed E-state index contributed by atoms with van der Waals surface area (Å²) in [5, 5.41) is 1.66. The molecule has 0 atom stereocenters. The molecule has 0 aromatic heterocycles. The minimum atomic E-state index is -1.14. The van der Waals surface area contributed by atoms with Gasteiger partial charge in [0.15, 0.2) is 0 Å². The van der Waals surface area contributed by atoms with Gasteiger partial charge in [0.2, 0.25) is 0 Å². The third kappa shape index (κ3) is 8.11. The first-order valence-electron chi connectivity index (χ1n) is 13.8. The summed E-state index contributed by atoms with van der Waals surface area (Å²) in [6.45, 7) is 25.5. The fourth-order valence-corrected chi connectivity index (χ4v) is 7.82. The summed E-state index contributed by atoms with van der Waals surface area (Å²) in [5.41, 5.74) is 14.5. The molecule has 1 aliphatic rings. The number of hydrogen-bond donors (Lipinski definition) is 0. The third-order valence-corrected chi connectivity index (χ3v) is 9.79. The molecule has 0 unspecified atom stereocenters. The van der Waals surface area contributed by atoms with Crippen molar-refractivity contribution >= 4 is 8.80 Å². The van der Waals surface area contributed by atoms with Gasteiger partial charge in [-0.2, -0.15) is 5.57 Å². The molecular weight excluding hydrogens is 615 g/mol. The monoisotopic (exact) mass is 658 g/mol. The van der Waals surface area contributed by atoms with Crippen LogP contribution in [0.4, 0.5) is 0 Å². The summed E-state index contributed by atoms with van der Waals surface area (Å²) in [6.07, 6.45) is 5.21. The van der Waals surface area contributed by atoms with Crippen LogP contribution < -0.4 is 37.2 Å². The van der Waals surface area contributed by atoms with Gasteiger partial charge < -0.3 is 37.2 Å². The molecule has 218 valence electrons. The molecule has 0 N–H and O–H groups in total. The number of rotatable bonds is 5. The number of benzene rings is 3. The van der Waals surface area contributed by atoms with E-state index in [0.717, 1.165) is 6.42 Å². The summed E-state index contributed by atoms with van der Waals surface area (Å²) in [4.78, 5) is 0. The van der Waals surface area contributed by atoms with E-state index in [0.29, 0.717) is 0 Å². The average Bonchev–Trinajstić information content (AvgIpc) is 3.19. The van der Waals surface area contributed by atoms with Crippen LogP contribution >= 0.6 is 0 Å². The number of hydrogen-bond acceptors (Lipinski definition) is 0. The van der Waals surface area contributed by atoms with Crippen molar-refractivity contribution in [1.82, 2.24) is 0 Å². The molecule has 0 aliphatic heterocycles. The molecule has 0 fully saturated rings. The van der Waals surface area contributed by atoms with Gasteiger partial charge in [0.1, 0.15) is 0 Å². The molecule has 4 rings (SSSR count). The van der Waals surface area contributed by atoms with Crippen LogP contribution in [0, 0.1) is 53.0 Å². The van der Waals surface area contributed by atoms with Gasteiger partial charge in [-0.1, -0.05) is 128 Å². The van der Waals surface area contributed by atoms with Gasteiger partial charge in [-0.3, -0.25) is 0 Å². The molecule has 1 aliphatic carbocycles. The second-order valence-electron chi connectivity index (χ2n) is 13.0. The maximum atomic E-state index is 4.15. The Balaban J connectivity index is 0.00000400. The molecule has 3 aromatic rings.